The number of hydrogen-bond donors (Lipinski definition) is 10. The molecule has 1 aromatic carbocycles. The van der Waals surface area contributed by atoms with Crippen LogP contribution in [0.5, 0.6) is 5.75 Å². The van der Waals surface area contributed by atoms with Crippen molar-refractivity contribution in [1.29, 1.82) is 0 Å². The number of unbranched alkanes of at least 4 members (excludes halogenated alkanes) is 12. The first-order chi connectivity index (χ1) is 31.0. The lowest BCUT2D eigenvalue weighted by Crippen LogP contribution is -2.51. The number of phenols is 1. The van der Waals surface area contributed by atoms with Gasteiger partial charge in [0.1, 0.15) is 23.9 Å². The van der Waals surface area contributed by atoms with Gasteiger partial charge in [0.25, 0.3) is 0 Å². The van der Waals surface area contributed by atoms with Crippen LogP contribution in [0, 0.1) is 11.8 Å². The number of aliphatic hydroxyl groups excluding tert-OH is 4. The summed E-state index contributed by atoms with van der Waals surface area (Å²) in [7, 11) is 1.32. The number of rotatable bonds is 37. The summed E-state index contributed by atoms with van der Waals surface area (Å²) in [6, 6.07) is 1.26. The Hall–Kier alpha value is -4.78. The first-order valence-electron chi connectivity index (χ1n) is 23.3. The average molecular weight is 920 g/mol. The standard InChI is InChI=1S/C47H77N5O13/c1-5-6-7-8-9-10-11-12-13-14-15-16-17-18-42(61)49-28-44(63)50-37(29-53)39(58)23-24-43(62)52-45(32(3)56)41(60)26-34(25-33-19-21-35(57)22-20-33)46(64)51-38(30-54)40(59)27-36(31(2)55)47(65)48-4/h19-22,31-32,34,36-38,45,53-57H,5-18,23-30H2,1-4H3,(H,48,65)(H,49,61)(H,50,63)(H,51,64)(H,52,62)/t31-,32-,34-,36+,37+,38+,45+/m1/s1. The molecule has 0 saturated heterocycles. The number of carbonyl (C=O) groups is 8. The average Bonchev–Trinajstić information content (AvgIpc) is 3.27. The summed E-state index contributed by atoms with van der Waals surface area (Å²) in [5, 5.41) is 62.1. The van der Waals surface area contributed by atoms with Crippen molar-refractivity contribution in [2.24, 2.45) is 11.8 Å². The second-order valence-electron chi connectivity index (χ2n) is 16.9. The van der Waals surface area contributed by atoms with Crippen LogP contribution in [0.1, 0.15) is 142 Å². The summed E-state index contributed by atoms with van der Waals surface area (Å²) in [5.74, 6) is -8.10. The van der Waals surface area contributed by atoms with Crippen molar-refractivity contribution in [2.75, 3.05) is 26.8 Å². The molecule has 1 rings (SSSR count). The van der Waals surface area contributed by atoms with Gasteiger partial charge in [-0.2, -0.15) is 0 Å². The third kappa shape index (κ3) is 24.9. The Labute approximate surface area is 383 Å². The van der Waals surface area contributed by atoms with Crippen LogP contribution in [0.4, 0.5) is 0 Å². The minimum absolute atomic E-state index is 0.0670. The molecule has 0 aliphatic rings. The highest BCUT2D eigenvalue weighted by Gasteiger charge is 2.34. The van der Waals surface area contributed by atoms with Crippen molar-refractivity contribution >= 4 is 46.9 Å². The third-order valence-electron chi connectivity index (χ3n) is 11.3. The maximum absolute atomic E-state index is 13.6. The molecule has 1 aromatic rings. The Morgan fingerprint density at radius 2 is 1.11 bits per heavy atom. The summed E-state index contributed by atoms with van der Waals surface area (Å²) >= 11 is 0. The van der Waals surface area contributed by atoms with Crippen LogP contribution in [0.3, 0.4) is 0 Å². The molecule has 0 fully saturated rings. The highest BCUT2D eigenvalue weighted by atomic mass is 16.3. The molecule has 0 saturated carbocycles. The van der Waals surface area contributed by atoms with Gasteiger partial charge in [-0.05, 0) is 44.4 Å². The lowest BCUT2D eigenvalue weighted by molar-refractivity contribution is -0.137. The normalized spacial score (nSPS) is 14.4. The van der Waals surface area contributed by atoms with Gasteiger partial charge in [0.15, 0.2) is 17.3 Å². The molecular weight excluding hydrogens is 843 g/mol. The van der Waals surface area contributed by atoms with E-state index in [-0.39, 0.29) is 24.5 Å². The van der Waals surface area contributed by atoms with E-state index in [1.54, 1.807) is 0 Å². The second-order valence-corrected chi connectivity index (χ2v) is 16.9. The van der Waals surface area contributed by atoms with Gasteiger partial charge in [0.05, 0.1) is 37.9 Å². The number of aromatic hydroxyl groups is 1. The molecule has 368 valence electrons. The van der Waals surface area contributed by atoms with Crippen LogP contribution in [-0.2, 0) is 44.8 Å². The highest BCUT2D eigenvalue weighted by Crippen LogP contribution is 2.20. The Bertz CT molecular complexity index is 1620. The van der Waals surface area contributed by atoms with E-state index in [1.165, 1.54) is 103 Å². The van der Waals surface area contributed by atoms with E-state index in [4.69, 9.17) is 0 Å². The number of aliphatic hydroxyl groups is 4. The molecule has 18 nitrogen and oxygen atoms in total. The zero-order chi connectivity index (χ0) is 48.7. The highest BCUT2D eigenvalue weighted by molar-refractivity contribution is 5.97. The van der Waals surface area contributed by atoms with Crippen molar-refractivity contribution in [2.45, 2.75) is 173 Å². The third-order valence-corrected chi connectivity index (χ3v) is 11.3. The zero-order valence-corrected chi connectivity index (χ0v) is 38.9. The predicted molar refractivity (Wildman–Crippen MR) is 243 cm³/mol. The van der Waals surface area contributed by atoms with Gasteiger partial charge in [0, 0.05) is 45.1 Å². The van der Waals surface area contributed by atoms with E-state index in [0.29, 0.717) is 12.0 Å². The van der Waals surface area contributed by atoms with Gasteiger partial charge in [-0.1, -0.05) is 96.1 Å². The number of amides is 5. The molecule has 0 radical (unpaired) electrons. The molecule has 5 amide bonds. The molecule has 0 bridgehead atoms. The van der Waals surface area contributed by atoms with E-state index < -0.39 is 129 Å². The molecule has 0 heterocycles. The number of phenolic OH excluding ortho intramolecular Hbond substituents is 1. The number of ketones is 3. The Kier molecular flexibility index (Phi) is 30.2. The fraction of sp³-hybridized carbons (Fsp3) is 0.702. The molecule has 18 heteroatoms. The first-order valence-corrected chi connectivity index (χ1v) is 23.3. The van der Waals surface area contributed by atoms with Crippen LogP contribution >= 0.6 is 0 Å². The lowest BCUT2D eigenvalue weighted by Gasteiger charge is -2.25. The molecular formula is C47H77N5O13. The number of nitrogens with one attached hydrogen (secondary N) is 5. The Morgan fingerprint density at radius 1 is 0.569 bits per heavy atom. The van der Waals surface area contributed by atoms with Crippen LogP contribution in [0.2, 0.25) is 0 Å². The van der Waals surface area contributed by atoms with Gasteiger partial charge >= 0.3 is 0 Å². The lowest BCUT2D eigenvalue weighted by atomic mass is 9.89. The van der Waals surface area contributed by atoms with Crippen molar-refractivity contribution in [3.63, 3.8) is 0 Å². The quantitative estimate of drug-likeness (QED) is 0.0428. The molecule has 0 aliphatic carbocycles. The van der Waals surface area contributed by atoms with Gasteiger partial charge in [-0.25, -0.2) is 0 Å². The molecule has 0 unspecified atom stereocenters. The van der Waals surface area contributed by atoms with Crippen molar-refractivity contribution < 1.29 is 63.9 Å². The monoisotopic (exact) mass is 920 g/mol. The maximum atomic E-state index is 13.6. The summed E-state index contributed by atoms with van der Waals surface area (Å²) in [6.07, 6.45) is 10.6. The smallest absolute Gasteiger partial charge is 0.240 e. The minimum Gasteiger partial charge on any atom is -0.508 e. The van der Waals surface area contributed by atoms with Gasteiger partial charge in [-0.3, -0.25) is 38.4 Å². The predicted octanol–water partition coefficient (Wildman–Crippen LogP) is 1.98. The van der Waals surface area contributed by atoms with E-state index in [1.807, 2.05) is 0 Å². The molecule has 0 aliphatic heterocycles. The summed E-state index contributed by atoms with van der Waals surface area (Å²) in [5.41, 5.74) is 0.491. The summed E-state index contributed by atoms with van der Waals surface area (Å²) in [6.45, 7) is 2.69. The Balaban J connectivity index is 2.72. The van der Waals surface area contributed by atoms with E-state index in [2.05, 4.69) is 33.5 Å². The van der Waals surface area contributed by atoms with Crippen LogP contribution in [0.15, 0.2) is 24.3 Å². The SMILES string of the molecule is CCCCCCCCCCCCCCCC(=O)NCC(=O)N[C@@H](CO)C(=O)CCC(=O)N[C@H](C(=O)C[C@@H](Cc1ccc(O)cc1)C(=O)N[C@@H](CO)C(=O)C[C@H](C(=O)NC)[C@@H](C)O)[C@@H](C)O. The second kappa shape index (κ2) is 33.7. The van der Waals surface area contributed by atoms with Crippen molar-refractivity contribution in [3.05, 3.63) is 29.8 Å². The van der Waals surface area contributed by atoms with E-state index in [0.717, 1.165) is 19.3 Å². The fourth-order valence-corrected chi connectivity index (χ4v) is 7.26. The molecule has 7 atom stereocenters. The number of hydrogen-bond acceptors (Lipinski definition) is 13. The number of carbonyl (C=O) groups excluding carboxylic acids is 8. The number of Topliss-reactive ketones (excluding diaryl/α,β-unsaturated/α-hetero) is 3. The minimum atomic E-state index is -1.56. The molecule has 0 spiro atoms. The topological polar surface area (TPSA) is 298 Å². The Morgan fingerprint density at radius 3 is 1.62 bits per heavy atom. The van der Waals surface area contributed by atoms with Crippen LogP contribution in [0.25, 0.3) is 0 Å². The van der Waals surface area contributed by atoms with E-state index in [9.17, 15) is 63.9 Å². The largest absolute Gasteiger partial charge is 0.508 e. The first kappa shape index (κ1) is 58.2. The maximum Gasteiger partial charge on any atom is 0.240 e. The number of benzene rings is 1. The van der Waals surface area contributed by atoms with Crippen molar-refractivity contribution in [1.82, 2.24) is 26.6 Å². The van der Waals surface area contributed by atoms with Gasteiger partial charge < -0.3 is 52.1 Å². The van der Waals surface area contributed by atoms with Crippen LogP contribution < -0.4 is 26.6 Å². The fourth-order valence-electron chi connectivity index (χ4n) is 7.26. The summed E-state index contributed by atoms with van der Waals surface area (Å²) in [4.78, 5) is 103. The van der Waals surface area contributed by atoms with Gasteiger partial charge in [0.2, 0.25) is 29.5 Å². The molecule has 65 heavy (non-hydrogen) atoms. The zero-order valence-electron chi connectivity index (χ0n) is 38.9. The van der Waals surface area contributed by atoms with Crippen molar-refractivity contribution in [3.8, 4) is 5.75 Å². The van der Waals surface area contributed by atoms with Crippen LogP contribution in [-0.4, -0.2) is 130 Å². The van der Waals surface area contributed by atoms with Gasteiger partial charge in [-0.15, -0.1) is 0 Å². The molecule has 0 aromatic heterocycles. The molecule has 10 N–H and O–H groups in total. The summed E-state index contributed by atoms with van der Waals surface area (Å²) < 4.78 is 0. The van der Waals surface area contributed by atoms with E-state index >= 15 is 0 Å².